The highest BCUT2D eigenvalue weighted by molar-refractivity contribution is 5.81. The number of benzene rings is 1. The zero-order chi connectivity index (χ0) is 16.1. The lowest BCUT2D eigenvalue weighted by atomic mass is 9.72. The minimum Gasteiger partial charge on any atom is -0.481 e. The Morgan fingerprint density at radius 1 is 1.10 bits per heavy atom. The first-order valence-electron chi connectivity index (χ1n) is 8.12. The lowest BCUT2D eigenvalue weighted by Gasteiger charge is -2.30. The van der Waals surface area contributed by atoms with Crippen molar-refractivity contribution < 1.29 is 9.90 Å². The number of rotatable bonds is 7. The van der Waals surface area contributed by atoms with Gasteiger partial charge < -0.3 is 5.11 Å². The fourth-order valence-electron chi connectivity index (χ4n) is 2.87. The van der Waals surface area contributed by atoms with Crippen LogP contribution in [0, 0.1) is 0 Å². The Morgan fingerprint density at radius 2 is 1.71 bits per heavy atom. The SMILES string of the molecule is CCCCCC(CC)(C(=O)O)c1cccc(C(C)(C)C)c1. The Labute approximate surface area is 129 Å². The largest absolute Gasteiger partial charge is 0.481 e. The van der Waals surface area contributed by atoms with Gasteiger partial charge in [0, 0.05) is 0 Å². The first kappa shape index (κ1) is 17.7. The summed E-state index contributed by atoms with van der Waals surface area (Å²) in [7, 11) is 0. The van der Waals surface area contributed by atoms with Gasteiger partial charge >= 0.3 is 5.97 Å². The van der Waals surface area contributed by atoms with E-state index in [4.69, 9.17) is 0 Å². The summed E-state index contributed by atoms with van der Waals surface area (Å²) < 4.78 is 0. The highest BCUT2D eigenvalue weighted by atomic mass is 16.4. The maximum Gasteiger partial charge on any atom is 0.314 e. The summed E-state index contributed by atoms with van der Waals surface area (Å²) in [5.41, 5.74) is 1.46. The molecule has 1 aromatic rings. The Hall–Kier alpha value is -1.31. The molecule has 118 valence electrons. The van der Waals surface area contributed by atoms with Crippen molar-refractivity contribution in [2.24, 2.45) is 0 Å². The highest BCUT2D eigenvalue weighted by Crippen LogP contribution is 2.36. The maximum absolute atomic E-state index is 12.0. The highest BCUT2D eigenvalue weighted by Gasteiger charge is 2.38. The van der Waals surface area contributed by atoms with Crippen LogP contribution >= 0.6 is 0 Å². The smallest absolute Gasteiger partial charge is 0.314 e. The van der Waals surface area contributed by atoms with Crippen LogP contribution in [0.25, 0.3) is 0 Å². The molecule has 1 atom stereocenters. The molecule has 0 saturated carbocycles. The van der Waals surface area contributed by atoms with Crippen LogP contribution in [0.15, 0.2) is 24.3 Å². The van der Waals surface area contributed by atoms with E-state index in [2.05, 4.69) is 39.8 Å². The molecule has 21 heavy (non-hydrogen) atoms. The van der Waals surface area contributed by atoms with Gasteiger partial charge in [-0.25, -0.2) is 0 Å². The van der Waals surface area contributed by atoms with Gasteiger partial charge in [-0.1, -0.05) is 78.1 Å². The van der Waals surface area contributed by atoms with E-state index in [1.165, 1.54) is 5.56 Å². The van der Waals surface area contributed by atoms with Crippen molar-refractivity contribution in [3.8, 4) is 0 Å². The molecule has 0 aliphatic rings. The third-order valence-corrected chi connectivity index (χ3v) is 4.50. The zero-order valence-electron chi connectivity index (χ0n) is 14.2. The van der Waals surface area contributed by atoms with Gasteiger partial charge in [0.1, 0.15) is 0 Å². The Balaban J connectivity index is 3.23. The van der Waals surface area contributed by atoms with Gasteiger partial charge in [-0.2, -0.15) is 0 Å². The van der Waals surface area contributed by atoms with Crippen LogP contribution in [0.1, 0.15) is 77.8 Å². The second kappa shape index (κ2) is 7.11. The van der Waals surface area contributed by atoms with Crippen molar-refractivity contribution in [2.75, 3.05) is 0 Å². The average molecular weight is 290 g/mol. The van der Waals surface area contributed by atoms with E-state index < -0.39 is 11.4 Å². The van der Waals surface area contributed by atoms with Crippen LogP contribution in [0.5, 0.6) is 0 Å². The molecule has 0 aliphatic carbocycles. The summed E-state index contributed by atoms with van der Waals surface area (Å²) in [5, 5.41) is 9.87. The summed E-state index contributed by atoms with van der Waals surface area (Å²) in [5.74, 6) is -0.688. The summed E-state index contributed by atoms with van der Waals surface area (Å²) in [4.78, 5) is 12.0. The van der Waals surface area contributed by atoms with E-state index >= 15 is 0 Å². The van der Waals surface area contributed by atoms with Gasteiger partial charge in [-0.3, -0.25) is 4.79 Å². The minimum absolute atomic E-state index is 0.0391. The molecule has 0 aromatic heterocycles. The second-order valence-electron chi connectivity index (χ2n) is 7.03. The number of hydrogen-bond donors (Lipinski definition) is 1. The predicted octanol–water partition coefficient (Wildman–Crippen LogP) is 5.30. The monoisotopic (exact) mass is 290 g/mol. The van der Waals surface area contributed by atoms with Crippen molar-refractivity contribution >= 4 is 5.97 Å². The van der Waals surface area contributed by atoms with E-state index in [0.717, 1.165) is 31.2 Å². The molecule has 0 radical (unpaired) electrons. The molecule has 0 aliphatic heterocycles. The fourth-order valence-corrected chi connectivity index (χ4v) is 2.87. The third kappa shape index (κ3) is 4.09. The fraction of sp³-hybridized carbons (Fsp3) is 0.632. The molecule has 1 aromatic carbocycles. The molecule has 1 unspecified atom stereocenters. The standard InChI is InChI=1S/C19H30O2/c1-6-8-9-13-19(7-2,17(20)21)16-12-10-11-15(14-16)18(3,4)5/h10-12,14H,6-9,13H2,1-5H3,(H,20,21). The van der Waals surface area contributed by atoms with Gasteiger partial charge in [-0.15, -0.1) is 0 Å². The van der Waals surface area contributed by atoms with Crippen LogP contribution < -0.4 is 0 Å². The van der Waals surface area contributed by atoms with Crippen molar-refractivity contribution in [1.82, 2.24) is 0 Å². The van der Waals surface area contributed by atoms with Crippen LogP contribution in [-0.2, 0) is 15.6 Å². The van der Waals surface area contributed by atoms with Crippen LogP contribution in [0.2, 0.25) is 0 Å². The molecule has 2 nitrogen and oxygen atoms in total. The summed E-state index contributed by atoms with van der Waals surface area (Å²) in [6.45, 7) is 10.6. The van der Waals surface area contributed by atoms with Gasteiger partial charge in [0.15, 0.2) is 0 Å². The van der Waals surface area contributed by atoms with Crippen LogP contribution in [0.4, 0.5) is 0 Å². The van der Waals surface area contributed by atoms with Crippen molar-refractivity contribution in [3.63, 3.8) is 0 Å². The number of hydrogen-bond acceptors (Lipinski definition) is 1. The maximum atomic E-state index is 12.0. The molecular formula is C19H30O2. The van der Waals surface area contributed by atoms with Crippen molar-refractivity contribution in [1.29, 1.82) is 0 Å². The van der Waals surface area contributed by atoms with E-state index in [9.17, 15) is 9.90 Å². The zero-order valence-corrected chi connectivity index (χ0v) is 14.2. The predicted molar refractivity (Wildman–Crippen MR) is 88.9 cm³/mol. The topological polar surface area (TPSA) is 37.3 Å². The normalized spacial score (nSPS) is 14.7. The first-order valence-corrected chi connectivity index (χ1v) is 8.12. The second-order valence-corrected chi connectivity index (χ2v) is 7.03. The lowest BCUT2D eigenvalue weighted by Crippen LogP contribution is -2.35. The number of carboxylic acids is 1. The number of carbonyl (C=O) groups is 1. The molecule has 0 saturated heterocycles. The summed E-state index contributed by atoms with van der Waals surface area (Å²) >= 11 is 0. The van der Waals surface area contributed by atoms with Crippen LogP contribution in [0.3, 0.4) is 0 Å². The molecular weight excluding hydrogens is 260 g/mol. The molecule has 0 spiro atoms. The Kier molecular flexibility index (Phi) is 6.00. The van der Waals surface area contributed by atoms with Crippen LogP contribution in [-0.4, -0.2) is 11.1 Å². The molecule has 1 rings (SSSR count). The van der Waals surface area contributed by atoms with E-state index in [0.29, 0.717) is 6.42 Å². The molecule has 2 heteroatoms. The van der Waals surface area contributed by atoms with Gasteiger partial charge in [0.2, 0.25) is 0 Å². The Bertz CT molecular complexity index is 471. The summed E-state index contributed by atoms with van der Waals surface area (Å²) in [6, 6.07) is 8.18. The first-order chi connectivity index (χ1) is 9.78. The van der Waals surface area contributed by atoms with E-state index in [1.807, 2.05) is 19.1 Å². The number of carboxylic acid groups (broad SMARTS) is 1. The average Bonchev–Trinajstić information content (AvgIpc) is 2.43. The Morgan fingerprint density at radius 3 is 2.19 bits per heavy atom. The molecule has 0 bridgehead atoms. The number of unbranched alkanes of at least 4 members (excludes halogenated alkanes) is 2. The lowest BCUT2D eigenvalue weighted by molar-refractivity contribution is -0.144. The van der Waals surface area contributed by atoms with Gasteiger partial charge in [-0.05, 0) is 29.4 Å². The number of aliphatic carboxylic acids is 1. The van der Waals surface area contributed by atoms with E-state index in [-0.39, 0.29) is 5.41 Å². The third-order valence-electron chi connectivity index (χ3n) is 4.50. The van der Waals surface area contributed by atoms with E-state index in [1.54, 1.807) is 0 Å². The van der Waals surface area contributed by atoms with Gasteiger partial charge in [0.25, 0.3) is 0 Å². The minimum atomic E-state index is -0.740. The van der Waals surface area contributed by atoms with Crippen molar-refractivity contribution in [2.45, 2.75) is 77.6 Å². The molecule has 0 heterocycles. The summed E-state index contributed by atoms with van der Waals surface area (Å²) in [6.07, 6.45) is 4.53. The van der Waals surface area contributed by atoms with Crippen molar-refractivity contribution in [3.05, 3.63) is 35.4 Å². The molecule has 1 N–H and O–H groups in total. The molecule has 0 fully saturated rings. The van der Waals surface area contributed by atoms with Gasteiger partial charge in [0.05, 0.1) is 5.41 Å². The molecule has 0 amide bonds. The quantitative estimate of drug-likeness (QED) is 0.692.